The number of nitrogens with zero attached hydrogens (tertiary/aromatic N) is 4. The van der Waals surface area contributed by atoms with Gasteiger partial charge in [0.1, 0.15) is 5.60 Å². The van der Waals surface area contributed by atoms with Gasteiger partial charge in [-0.15, -0.1) is 0 Å². The maximum Gasteiger partial charge on any atom is 0.491 e. The first-order valence-corrected chi connectivity index (χ1v) is 8.58. The van der Waals surface area contributed by atoms with Crippen LogP contribution in [0.5, 0.6) is 0 Å². The number of hydrogen-bond donors (Lipinski definition) is 2. The normalized spacial score (nSPS) is 19.6. The van der Waals surface area contributed by atoms with Gasteiger partial charge in [-0.3, -0.25) is 0 Å². The maximum absolute atomic E-state index is 12.3. The standard InChI is InChI=1S/C16H25BN4O4/c1-15(2,3)25-14(22)20-6-4-5-16(9-20)10-21(11-16)13-18-7-12(8-19-13)17(23)24/h7-8,23-24H,4-6,9-11H2,1-3H3. The molecule has 1 amide bonds. The molecule has 0 saturated carbocycles. The molecule has 0 unspecified atom stereocenters. The van der Waals surface area contributed by atoms with Crippen molar-refractivity contribution in [3.63, 3.8) is 0 Å². The molecule has 136 valence electrons. The van der Waals surface area contributed by atoms with Gasteiger partial charge in [0.05, 0.1) is 0 Å². The number of aromatic nitrogens is 2. The van der Waals surface area contributed by atoms with E-state index in [2.05, 4.69) is 9.97 Å². The Labute approximate surface area is 148 Å². The molecule has 9 heteroatoms. The summed E-state index contributed by atoms with van der Waals surface area (Å²) in [7, 11) is -1.56. The number of anilines is 1. The minimum atomic E-state index is -1.56. The predicted molar refractivity (Wildman–Crippen MR) is 93.5 cm³/mol. The molecule has 0 aromatic carbocycles. The summed E-state index contributed by atoms with van der Waals surface area (Å²) in [6.07, 6.45) is 4.62. The Hall–Kier alpha value is -1.87. The van der Waals surface area contributed by atoms with Crippen LogP contribution in [0, 0.1) is 5.41 Å². The molecule has 0 aliphatic carbocycles. The monoisotopic (exact) mass is 348 g/mol. The van der Waals surface area contributed by atoms with Gasteiger partial charge >= 0.3 is 13.2 Å². The van der Waals surface area contributed by atoms with E-state index in [1.165, 1.54) is 12.4 Å². The molecule has 2 fully saturated rings. The maximum atomic E-state index is 12.3. The summed E-state index contributed by atoms with van der Waals surface area (Å²) in [4.78, 5) is 24.5. The van der Waals surface area contributed by atoms with Crippen LogP contribution >= 0.6 is 0 Å². The molecule has 8 nitrogen and oxygen atoms in total. The Morgan fingerprint density at radius 2 is 1.88 bits per heavy atom. The molecular formula is C16H25BN4O4. The predicted octanol–water partition coefficient (Wildman–Crippen LogP) is -0.00630. The van der Waals surface area contributed by atoms with Crippen LogP contribution in [-0.4, -0.2) is 69.9 Å². The first kappa shape index (κ1) is 17.9. The van der Waals surface area contributed by atoms with Crippen LogP contribution in [0.25, 0.3) is 0 Å². The first-order valence-electron chi connectivity index (χ1n) is 8.58. The van der Waals surface area contributed by atoms with Crippen LogP contribution in [-0.2, 0) is 4.74 Å². The molecule has 1 spiro atoms. The lowest BCUT2D eigenvalue weighted by atomic mass is 9.73. The molecule has 2 N–H and O–H groups in total. The highest BCUT2D eigenvalue weighted by molar-refractivity contribution is 6.58. The van der Waals surface area contributed by atoms with E-state index in [1.807, 2.05) is 25.7 Å². The number of likely N-dealkylation sites (tertiary alicyclic amines) is 1. The second-order valence-electron chi connectivity index (χ2n) is 8.05. The van der Waals surface area contributed by atoms with Crippen molar-refractivity contribution in [1.29, 1.82) is 0 Å². The fourth-order valence-corrected chi connectivity index (χ4v) is 3.48. The topological polar surface area (TPSA) is 99.0 Å². The second-order valence-corrected chi connectivity index (χ2v) is 8.05. The van der Waals surface area contributed by atoms with Gasteiger partial charge in [-0.1, -0.05) is 0 Å². The van der Waals surface area contributed by atoms with Crippen LogP contribution in [0.3, 0.4) is 0 Å². The molecule has 1 aromatic heterocycles. The van der Waals surface area contributed by atoms with Gasteiger partial charge in [-0.05, 0) is 33.6 Å². The van der Waals surface area contributed by atoms with E-state index in [9.17, 15) is 4.79 Å². The van der Waals surface area contributed by atoms with E-state index in [0.29, 0.717) is 12.5 Å². The smallest absolute Gasteiger partial charge is 0.444 e. The van der Waals surface area contributed by atoms with Gasteiger partial charge < -0.3 is 24.6 Å². The Morgan fingerprint density at radius 1 is 1.24 bits per heavy atom. The number of piperidine rings is 1. The zero-order chi connectivity index (χ0) is 18.2. The lowest BCUT2D eigenvalue weighted by molar-refractivity contribution is -0.00165. The molecule has 0 bridgehead atoms. The fourth-order valence-electron chi connectivity index (χ4n) is 3.48. The van der Waals surface area contributed by atoms with Crippen LogP contribution in [0.15, 0.2) is 12.4 Å². The van der Waals surface area contributed by atoms with E-state index in [4.69, 9.17) is 14.8 Å². The second kappa shape index (κ2) is 6.46. The van der Waals surface area contributed by atoms with Crippen molar-refractivity contribution in [1.82, 2.24) is 14.9 Å². The zero-order valence-corrected chi connectivity index (χ0v) is 15.0. The quantitative estimate of drug-likeness (QED) is 0.726. The molecule has 3 heterocycles. The lowest BCUT2D eigenvalue weighted by Gasteiger charge is -2.54. The van der Waals surface area contributed by atoms with E-state index in [1.54, 1.807) is 4.90 Å². The van der Waals surface area contributed by atoms with Crippen LogP contribution in [0.2, 0.25) is 0 Å². The van der Waals surface area contributed by atoms with E-state index < -0.39 is 12.7 Å². The average Bonchev–Trinajstić information content (AvgIpc) is 2.51. The SMILES string of the molecule is CC(C)(C)OC(=O)N1CCCC2(C1)CN(c1ncc(B(O)O)cn1)C2. The van der Waals surface area contributed by atoms with Crippen molar-refractivity contribution in [2.75, 3.05) is 31.1 Å². The molecule has 2 aliphatic rings. The summed E-state index contributed by atoms with van der Waals surface area (Å²) in [6, 6.07) is 0. The molecule has 1 aromatic rings. The van der Waals surface area contributed by atoms with Gasteiger partial charge in [0.15, 0.2) is 0 Å². The van der Waals surface area contributed by atoms with Gasteiger partial charge in [0.25, 0.3) is 0 Å². The number of carbonyl (C=O) groups is 1. The fraction of sp³-hybridized carbons (Fsp3) is 0.688. The molecule has 0 atom stereocenters. The van der Waals surface area contributed by atoms with Crippen molar-refractivity contribution in [3.05, 3.63) is 12.4 Å². The summed E-state index contributed by atoms with van der Waals surface area (Å²) in [5.74, 6) is 0.574. The number of rotatable bonds is 2. The lowest BCUT2D eigenvalue weighted by Crippen LogP contribution is -2.64. The highest BCUT2D eigenvalue weighted by atomic mass is 16.6. The average molecular weight is 348 g/mol. The van der Waals surface area contributed by atoms with Gasteiger partial charge in [-0.2, -0.15) is 0 Å². The van der Waals surface area contributed by atoms with Gasteiger partial charge in [-0.25, -0.2) is 14.8 Å². The van der Waals surface area contributed by atoms with Gasteiger partial charge in [0, 0.05) is 49.5 Å². The third kappa shape index (κ3) is 4.04. The molecule has 25 heavy (non-hydrogen) atoms. The Kier molecular flexibility index (Phi) is 4.63. The summed E-state index contributed by atoms with van der Waals surface area (Å²) in [5.41, 5.74) is -0.152. The van der Waals surface area contributed by atoms with Crippen LogP contribution in [0.4, 0.5) is 10.7 Å². The van der Waals surface area contributed by atoms with Crippen molar-refractivity contribution < 1.29 is 19.6 Å². The largest absolute Gasteiger partial charge is 0.491 e. The molecule has 3 rings (SSSR count). The van der Waals surface area contributed by atoms with E-state index in [0.717, 1.165) is 32.5 Å². The van der Waals surface area contributed by atoms with Crippen molar-refractivity contribution in [3.8, 4) is 0 Å². The molecule has 2 saturated heterocycles. The number of carbonyl (C=O) groups excluding carboxylic acids is 1. The van der Waals surface area contributed by atoms with Crippen LogP contribution in [0.1, 0.15) is 33.6 Å². The summed E-state index contributed by atoms with van der Waals surface area (Å²) in [6.45, 7) is 8.61. The summed E-state index contributed by atoms with van der Waals surface area (Å²) < 4.78 is 5.49. The summed E-state index contributed by atoms with van der Waals surface area (Å²) in [5, 5.41) is 18.2. The Morgan fingerprint density at radius 3 is 2.44 bits per heavy atom. The Bertz CT molecular complexity index is 626. The highest BCUT2D eigenvalue weighted by Gasteiger charge is 2.48. The minimum absolute atomic E-state index is 0.0632. The van der Waals surface area contributed by atoms with Crippen LogP contribution < -0.4 is 10.4 Å². The molecule has 2 aliphatic heterocycles. The number of ether oxygens (including phenoxy) is 1. The molecular weight excluding hydrogens is 323 g/mol. The third-order valence-electron chi connectivity index (χ3n) is 4.60. The minimum Gasteiger partial charge on any atom is -0.444 e. The van der Waals surface area contributed by atoms with Gasteiger partial charge in [0.2, 0.25) is 5.95 Å². The highest BCUT2D eigenvalue weighted by Crippen LogP contribution is 2.40. The molecule has 0 radical (unpaired) electrons. The summed E-state index contributed by atoms with van der Waals surface area (Å²) >= 11 is 0. The van der Waals surface area contributed by atoms with Crippen molar-refractivity contribution >= 4 is 24.6 Å². The van der Waals surface area contributed by atoms with E-state index >= 15 is 0 Å². The first-order chi connectivity index (χ1) is 11.7. The number of hydrogen-bond acceptors (Lipinski definition) is 7. The Balaban J connectivity index is 1.59. The third-order valence-corrected chi connectivity index (χ3v) is 4.60. The van der Waals surface area contributed by atoms with Crippen molar-refractivity contribution in [2.45, 2.75) is 39.2 Å². The van der Waals surface area contributed by atoms with Crippen molar-refractivity contribution in [2.24, 2.45) is 5.41 Å². The van der Waals surface area contributed by atoms with E-state index in [-0.39, 0.29) is 17.0 Å². The zero-order valence-electron chi connectivity index (χ0n) is 15.0. The number of amides is 1.